The Balaban J connectivity index is 1.51. The van der Waals surface area contributed by atoms with Crippen LogP contribution in [0.25, 0.3) is 10.8 Å². The lowest BCUT2D eigenvalue weighted by Gasteiger charge is -2.14. The number of aromatic amines is 1. The van der Waals surface area contributed by atoms with Crippen molar-refractivity contribution in [2.75, 3.05) is 17.6 Å². The van der Waals surface area contributed by atoms with Crippen molar-refractivity contribution < 1.29 is 17.8 Å². The summed E-state index contributed by atoms with van der Waals surface area (Å²) in [5, 5.41) is 4.28. The third-order valence-electron chi connectivity index (χ3n) is 4.84. The number of benzene rings is 2. The molecule has 0 radical (unpaired) electrons. The number of nitrogens with zero attached hydrogens (tertiary/aromatic N) is 2. The van der Waals surface area contributed by atoms with E-state index < -0.39 is 10.1 Å². The first kappa shape index (κ1) is 23.8. The minimum absolute atomic E-state index is 0.0143. The highest BCUT2D eigenvalue weighted by atomic mass is 32.2. The summed E-state index contributed by atoms with van der Waals surface area (Å²) in [7, 11) is -4.56. The van der Waals surface area contributed by atoms with Gasteiger partial charge >= 0.3 is 0 Å². The van der Waals surface area contributed by atoms with Gasteiger partial charge in [0.05, 0.1) is 29.0 Å². The average molecular weight is 475 g/mol. The lowest BCUT2D eigenvalue weighted by atomic mass is 10.1. The van der Waals surface area contributed by atoms with E-state index in [1.54, 1.807) is 30.6 Å². The van der Waals surface area contributed by atoms with E-state index in [2.05, 4.69) is 20.3 Å². The molecule has 4 N–H and O–H groups in total. The van der Waals surface area contributed by atoms with Gasteiger partial charge in [-0.25, -0.2) is 18.4 Å². The molecule has 3 aromatic rings. The van der Waals surface area contributed by atoms with Crippen molar-refractivity contribution >= 4 is 56.3 Å². The number of anilines is 1. The molecule has 3 rings (SSSR count). The molecule has 11 heteroatoms. The first-order valence-corrected chi connectivity index (χ1v) is 12.4. The number of nitrogens with two attached hydrogens (primary N) is 1. The highest BCUT2D eigenvalue weighted by molar-refractivity contribution is 8.00. The number of nitrogens with one attached hydrogen (secondary N) is 2. The molecule has 0 spiro atoms. The van der Waals surface area contributed by atoms with E-state index in [0.29, 0.717) is 41.7 Å². The molecule has 0 bridgehead atoms. The highest BCUT2D eigenvalue weighted by Crippen LogP contribution is 2.32. The number of aliphatic imine (C=N–C) groups is 1. The fourth-order valence-electron chi connectivity index (χ4n) is 3.31. The van der Waals surface area contributed by atoms with Crippen molar-refractivity contribution in [3.63, 3.8) is 0 Å². The number of carbonyl (C=O) groups excluding carboxylic acids is 1. The van der Waals surface area contributed by atoms with Gasteiger partial charge in [-0.2, -0.15) is 0 Å². The third kappa shape index (κ3) is 5.87. The lowest BCUT2D eigenvalue weighted by Crippen LogP contribution is -2.08. The van der Waals surface area contributed by atoms with Gasteiger partial charge in [0.1, 0.15) is 15.9 Å². The Labute approximate surface area is 190 Å². The van der Waals surface area contributed by atoms with Crippen LogP contribution >= 0.6 is 11.8 Å². The molecule has 9 nitrogen and oxygen atoms in total. The van der Waals surface area contributed by atoms with Crippen LogP contribution in [0.2, 0.25) is 0 Å². The Kier molecular flexibility index (Phi) is 7.89. The number of hydrogen-bond donors (Lipinski definition) is 3. The maximum atomic E-state index is 12.3. The predicted octanol–water partition coefficient (Wildman–Crippen LogP) is 3.34. The number of aromatic nitrogens is 2. The van der Waals surface area contributed by atoms with E-state index in [9.17, 15) is 17.8 Å². The maximum Gasteiger partial charge on any atom is 0.175 e. The summed E-state index contributed by atoms with van der Waals surface area (Å²) in [6.07, 6.45) is 3.77. The summed E-state index contributed by atoms with van der Waals surface area (Å²) >= 11 is 1.50. The number of Topliss-reactive ketones (excluding diaryl/α,β-unsaturated/α-hetero) is 1. The fourth-order valence-corrected chi connectivity index (χ4v) is 4.92. The minimum atomic E-state index is -4.56. The highest BCUT2D eigenvalue weighted by Gasteiger charge is 2.15. The Morgan fingerprint density at radius 2 is 2.06 bits per heavy atom. The monoisotopic (exact) mass is 474 g/mol. The minimum Gasteiger partial charge on any atom is -0.744 e. The molecule has 1 atom stereocenters. The van der Waals surface area contributed by atoms with E-state index in [1.165, 1.54) is 24.2 Å². The smallest absolute Gasteiger partial charge is 0.175 e. The molecule has 0 amide bonds. The van der Waals surface area contributed by atoms with Crippen LogP contribution in [-0.4, -0.2) is 47.4 Å². The molecular weight excluding hydrogens is 450 g/mol. The van der Waals surface area contributed by atoms with Gasteiger partial charge in [0.25, 0.3) is 0 Å². The van der Waals surface area contributed by atoms with Crippen LogP contribution in [0.1, 0.15) is 30.7 Å². The molecule has 32 heavy (non-hydrogen) atoms. The first-order valence-electron chi connectivity index (χ1n) is 9.93. The van der Waals surface area contributed by atoms with Crippen LogP contribution in [0, 0.1) is 0 Å². The number of fused-ring (bicyclic) bond motifs is 1. The molecule has 1 heterocycles. The zero-order valence-corrected chi connectivity index (χ0v) is 19.1. The summed E-state index contributed by atoms with van der Waals surface area (Å²) in [6.45, 7) is 2.51. The quantitative estimate of drug-likeness (QED) is 0.165. The van der Waals surface area contributed by atoms with Crippen LogP contribution in [0.4, 0.5) is 11.5 Å². The number of rotatable bonds is 11. The van der Waals surface area contributed by atoms with E-state index in [4.69, 9.17) is 5.73 Å². The number of carbonyl (C=O) groups is 1. The van der Waals surface area contributed by atoms with Gasteiger partial charge in [0.2, 0.25) is 0 Å². The van der Waals surface area contributed by atoms with Crippen LogP contribution < -0.4 is 11.1 Å². The van der Waals surface area contributed by atoms with Gasteiger partial charge in [0.15, 0.2) is 5.82 Å². The number of ketones is 1. The van der Waals surface area contributed by atoms with Gasteiger partial charge in [-0.05, 0) is 25.5 Å². The zero-order chi connectivity index (χ0) is 23.1. The summed E-state index contributed by atoms with van der Waals surface area (Å²) in [5.74, 6) is 1.02. The Morgan fingerprint density at radius 3 is 2.81 bits per heavy atom. The van der Waals surface area contributed by atoms with Crippen molar-refractivity contribution in [1.29, 1.82) is 0 Å². The molecule has 170 valence electrons. The van der Waals surface area contributed by atoms with Crippen molar-refractivity contribution in [2.45, 2.75) is 29.9 Å². The van der Waals surface area contributed by atoms with E-state index in [0.717, 1.165) is 11.4 Å². The second-order valence-electron chi connectivity index (χ2n) is 7.05. The number of H-pyrrole nitrogens is 1. The lowest BCUT2D eigenvalue weighted by molar-refractivity contribution is -0.116. The molecular formula is C21H24N5O4S2-. The average Bonchev–Trinajstić information content (AvgIpc) is 3.22. The maximum absolute atomic E-state index is 12.3. The van der Waals surface area contributed by atoms with Crippen molar-refractivity contribution in [3.8, 4) is 0 Å². The molecule has 1 unspecified atom stereocenters. The molecule has 0 saturated carbocycles. The Hall–Kier alpha value is -2.89. The Bertz CT molecular complexity index is 1220. The summed E-state index contributed by atoms with van der Waals surface area (Å²) in [4.78, 5) is 23.2. The van der Waals surface area contributed by atoms with E-state index in [-0.39, 0.29) is 15.9 Å². The Morgan fingerprint density at radius 1 is 1.31 bits per heavy atom. The molecule has 0 aliphatic rings. The summed E-state index contributed by atoms with van der Waals surface area (Å²) < 4.78 is 34.5. The largest absolute Gasteiger partial charge is 0.744 e. The first-order chi connectivity index (χ1) is 15.3. The van der Waals surface area contributed by atoms with Gasteiger partial charge < -0.3 is 20.6 Å². The molecule has 2 aromatic carbocycles. The summed E-state index contributed by atoms with van der Waals surface area (Å²) in [5.41, 5.74) is 6.86. The van der Waals surface area contributed by atoms with Crippen LogP contribution in [0.3, 0.4) is 0 Å². The second-order valence-corrected chi connectivity index (χ2v) is 9.73. The SMILES string of the molecule is CC(SCC(=O)CCCNc1cccc2c(S(=O)(=O)[O-])cccc12)c1[nH]cnc1N=CN. The second kappa shape index (κ2) is 10.6. The van der Waals surface area contributed by atoms with Gasteiger partial charge in [-0.1, -0.05) is 24.3 Å². The standard InChI is InChI=1S/C21H25N5O4S2/c1-14(20-21(24-12-22)26-13-25-20)31-11-15(27)5-4-10-23-18-8-2-7-17-16(18)6-3-9-19(17)32(28,29)30/h2-3,6-9,12-14,23H,4-5,10-11H2,1H3,(H2,22,24)(H,25,26)(H,28,29,30)/p-1. The molecule has 0 aliphatic carbocycles. The van der Waals surface area contributed by atoms with Gasteiger partial charge in [-0.15, -0.1) is 11.8 Å². The molecule has 1 aromatic heterocycles. The van der Waals surface area contributed by atoms with Gasteiger partial charge in [-0.3, -0.25) is 4.79 Å². The topological polar surface area (TPSA) is 153 Å². The third-order valence-corrected chi connectivity index (χ3v) is 6.96. The van der Waals surface area contributed by atoms with Gasteiger partial charge in [0, 0.05) is 34.7 Å². The number of hydrogen-bond acceptors (Lipinski definition) is 8. The number of thioether (sulfide) groups is 1. The summed E-state index contributed by atoms with van der Waals surface area (Å²) in [6, 6.07) is 9.73. The zero-order valence-electron chi connectivity index (χ0n) is 17.4. The molecule has 0 aliphatic heterocycles. The van der Waals surface area contributed by atoms with Crippen LogP contribution in [0.15, 0.2) is 52.6 Å². The predicted molar refractivity (Wildman–Crippen MR) is 126 cm³/mol. The van der Waals surface area contributed by atoms with E-state index in [1.807, 2.05) is 13.0 Å². The molecule has 0 fully saturated rings. The molecule has 0 saturated heterocycles. The van der Waals surface area contributed by atoms with Crippen molar-refractivity contribution in [3.05, 3.63) is 48.4 Å². The fraction of sp³-hybridized carbons (Fsp3) is 0.286. The normalized spacial score (nSPS) is 12.9. The number of imidazole rings is 1. The van der Waals surface area contributed by atoms with Crippen LogP contribution in [0.5, 0.6) is 0 Å². The van der Waals surface area contributed by atoms with Crippen molar-refractivity contribution in [1.82, 2.24) is 9.97 Å². The van der Waals surface area contributed by atoms with E-state index >= 15 is 0 Å². The van der Waals surface area contributed by atoms with Crippen LogP contribution in [-0.2, 0) is 14.9 Å². The van der Waals surface area contributed by atoms with Crippen molar-refractivity contribution in [2.24, 2.45) is 10.7 Å².